The lowest BCUT2D eigenvalue weighted by molar-refractivity contribution is -0.251. The number of fused-ring (bicyclic) bond motifs is 6. The second-order valence-corrected chi connectivity index (χ2v) is 21.6. The van der Waals surface area contributed by atoms with Crippen LogP contribution in [-0.4, -0.2) is 114 Å². The Bertz CT molecular complexity index is 1370. The summed E-state index contributed by atoms with van der Waals surface area (Å²) in [5.74, 6) is 1.86. The molecule has 9 aliphatic rings. The summed E-state index contributed by atoms with van der Waals surface area (Å²) < 4.78 is 26.7. The molecule has 0 radical (unpaired) electrons. The molecule has 2 spiro atoms. The molecule has 0 aromatic rings. The largest absolute Gasteiger partial charge is 0.390 e. The maximum absolute atomic E-state index is 12.7. The Kier molecular flexibility index (Phi) is 8.84. The smallest absolute Gasteiger partial charge is 0.170 e. The second-order valence-electron chi connectivity index (χ2n) is 21.6. The number of morpholine rings is 1. The number of aliphatic hydroxyl groups is 2. The van der Waals surface area contributed by atoms with E-state index in [1.54, 1.807) is 0 Å². The first-order chi connectivity index (χ1) is 24.5. The van der Waals surface area contributed by atoms with Gasteiger partial charge in [-0.3, -0.25) is 9.80 Å². The summed E-state index contributed by atoms with van der Waals surface area (Å²) in [4.78, 5) is 5.41. The zero-order valence-corrected chi connectivity index (χ0v) is 34.2. The van der Waals surface area contributed by atoms with Crippen molar-refractivity contribution < 1.29 is 29.2 Å². The molecule has 17 atom stereocenters. The lowest BCUT2D eigenvalue weighted by Crippen LogP contribution is -2.60. The molecular formula is C44H74N2O6. The van der Waals surface area contributed by atoms with Gasteiger partial charge in [-0.2, -0.15) is 0 Å². The summed E-state index contributed by atoms with van der Waals surface area (Å²) >= 11 is 0. The fraction of sp³-hybridized carbons (Fsp3) is 1.00. The predicted molar refractivity (Wildman–Crippen MR) is 202 cm³/mol. The van der Waals surface area contributed by atoms with Gasteiger partial charge in [0.1, 0.15) is 6.10 Å². The Morgan fingerprint density at radius 1 is 0.942 bits per heavy atom. The number of likely N-dealkylation sites (N-methyl/N-ethyl adjacent to an activating group) is 1. The van der Waals surface area contributed by atoms with Gasteiger partial charge in [0, 0.05) is 43.2 Å². The second kappa shape index (κ2) is 12.3. The molecule has 2 bridgehead atoms. The van der Waals surface area contributed by atoms with Gasteiger partial charge in [0.15, 0.2) is 6.29 Å². The number of aliphatic hydroxyl groups excluding tert-OH is 1. The van der Waals surface area contributed by atoms with Gasteiger partial charge in [-0.25, -0.2) is 0 Å². The first-order valence-corrected chi connectivity index (χ1v) is 21.9. The highest BCUT2D eigenvalue weighted by atomic mass is 16.7. The average molecular weight is 727 g/mol. The van der Waals surface area contributed by atoms with E-state index in [0.717, 1.165) is 38.6 Å². The SMILES string of the molecule is CCO[C@@H](C1C[C@@H](C)[C@H]2C(O1)[C@H](O)[C@@]1(C)C3CC[C@H]4C(C)(C)[C@@H](O[C@H]5CN(C6CC7CCCC6N7C)CCO5)CC[C@@]45C[C@@]35CC[C@]21C)C(C)(C)O. The van der Waals surface area contributed by atoms with Crippen molar-refractivity contribution in [1.82, 2.24) is 9.80 Å². The molecule has 2 N–H and O–H groups in total. The van der Waals surface area contributed by atoms with Crippen molar-refractivity contribution in [3.05, 3.63) is 0 Å². The summed E-state index contributed by atoms with van der Waals surface area (Å²) in [6.07, 6.45) is 13.6. The Morgan fingerprint density at radius 3 is 2.42 bits per heavy atom. The summed E-state index contributed by atoms with van der Waals surface area (Å²) in [7, 11) is 2.36. The molecule has 5 aliphatic carbocycles. The quantitative estimate of drug-likeness (QED) is 0.302. The maximum atomic E-state index is 12.7. The first-order valence-electron chi connectivity index (χ1n) is 21.9. The number of rotatable bonds is 7. The molecule has 4 aliphatic heterocycles. The van der Waals surface area contributed by atoms with Crippen LogP contribution in [0, 0.1) is 50.7 Å². The molecule has 0 aromatic heterocycles. The van der Waals surface area contributed by atoms with Crippen molar-refractivity contribution in [3.8, 4) is 0 Å². The molecule has 8 heteroatoms. The van der Waals surface area contributed by atoms with Crippen molar-refractivity contribution in [2.45, 2.75) is 193 Å². The van der Waals surface area contributed by atoms with E-state index in [9.17, 15) is 10.2 Å². The molecule has 9 rings (SSSR count). The van der Waals surface area contributed by atoms with E-state index < -0.39 is 17.8 Å². The normalized spacial score (nSPS) is 54.8. The Hall–Kier alpha value is -0.320. The molecule has 0 aromatic carbocycles. The highest BCUT2D eigenvalue weighted by Crippen LogP contribution is 2.89. The Morgan fingerprint density at radius 2 is 1.69 bits per heavy atom. The molecule has 296 valence electrons. The van der Waals surface area contributed by atoms with E-state index in [0.29, 0.717) is 53.2 Å². The summed E-state index contributed by atoms with van der Waals surface area (Å²) in [5.41, 5.74) is -0.422. The zero-order valence-electron chi connectivity index (χ0n) is 34.2. The molecule has 5 saturated carbocycles. The summed E-state index contributed by atoms with van der Waals surface area (Å²) in [6.45, 7) is 21.4. The third-order valence-corrected chi connectivity index (χ3v) is 19.1. The zero-order chi connectivity index (χ0) is 36.8. The fourth-order valence-corrected chi connectivity index (χ4v) is 16.7. The van der Waals surface area contributed by atoms with Crippen molar-refractivity contribution in [2.75, 3.05) is 33.4 Å². The summed E-state index contributed by atoms with van der Waals surface area (Å²) in [5, 5.41) is 23.8. The molecule has 4 heterocycles. The Labute approximate surface area is 315 Å². The molecule has 9 fully saturated rings. The lowest BCUT2D eigenvalue weighted by Gasteiger charge is -2.64. The van der Waals surface area contributed by atoms with Crippen LogP contribution < -0.4 is 0 Å². The minimum atomic E-state index is -1.01. The van der Waals surface area contributed by atoms with Gasteiger partial charge in [0.05, 0.1) is 36.6 Å². The van der Waals surface area contributed by atoms with Crippen molar-refractivity contribution in [3.63, 3.8) is 0 Å². The summed E-state index contributed by atoms with van der Waals surface area (Å²) in [6, 6.07) is 2.10. The highest BCUT2D eigenvalue weighted by Gasteiger charge is 2.84. The van der Waals surface area contributed by atoms with E-state index in [1.165, 1.54) is 64.2 Å². The molecule has 8 nitrogen and oxygen atoms in total. The third-order valence-electron chi connectivity index (χ3n) is 19.1. The lowest BCUT2D eigenvalue weighted by atomic mass is 9.41. The number of hydrogen-bond acceptors (Lipinski definition) is 8. The van der Waals surface area contributed by atoms with Crippen LogP contribution in [0.2, 0.25) is 0 Å². The van der Waals surface area contributed by atoms with E-state index >= 15 is 0 Å². The van der Waals surface area contributed by atoms with Gasteiger partial charge < -0.3 is 29.2 Å². The fourth-order valence-electron chi connectivity index (χ4n) is 16.7. The van der Waals surface area contributed by atoms with Gasteiger partial charge in [0.2, 0.25) is 0 Å². The molecule has 0 amide bonds. The third kappa shape index (κ3) is 4.92. The van der Waals surface area contributed by atoms with Crippen molar-refractivity contribution in [2.24, 2.45) is 50.7 Å². The predicted octanol–water partition coefficient (Wildman–Crippen LogP) is 6.64. The number of nitrogens with zero attached hydrogens (tertiary/aromatic N) is 2. The van der Waals surface area contributed by atoms with Crippen LogP contribution in [0.5, 0.6) is 0 Å². The van der Waals surface area contributed by atoms with E-state index in [2.05, 4.69) is 51.5 Å². The average Bonchev–Trinajstić information content (AvgIpc) is 3.69. The standard InChI is InChI=1S/C44H74N2O6/c1-10-49-38(40(5,6)48)30-22-26(2)35-36(51-30)37(47)42(8)32-15-14-31-39(3,4)33(16-17-43(31)25-44(32,43)19-18-41(35,42)7)52-34-24-46(20-21-50-34)29-23-27-12-11-13-28(29)45(27)9/h26-38,47-48H,10-25H2,1-9H3/t26-,27?,28?,29?,30?,31+,32?,33+,34+,35+,36?,37+,38+,41-,42-,43-,44+/m1/s1. The Balaban J connectivity index is 0.922. The van der Waals surface area contributed by atoms with Crippen LogP contribution in [0.1, 0.15) is 132 Å². The first kappa shape index (κ1) is 37.3. The van der Waals surface area contributed by atoms with Crippen LogP contribution in [-0.2, 0) is 18.9 Å². The van der Waals surface area contributed by atoms with Crippen molar-refractivity contribution >= 4 is 0 Å². The van der Waals surface area contributed by atoms with Crippen LogP contribution >= 0.6 is 0 Å². The van der Waals surface area contributed by atoms with E-state index in [1.807, 2.05) is 20.8 Å². The van der Waals surface area contributed by atoms with Gasteiger partial charge in [0.25, 0.3) is 0 Å². The number of piperidine rings is 1. The topological polar surface area (TPSA) is 83.9 Å². The minimum absolute atomic E-state index is 0.0243. The maximum Gasteiger partial charge on any atom is 0.170 e. The molecule has 6 unspecified atom stereocenters. The number of hydrogen-bond donors (Lipinski definition) is 2. The minimum Gasteiger partial charge on any atom is -0.390 e. The highest BCUT2D eigenvalue weighted by molar-refractivity contribution is 5.33. The van der Waals surface area contributed by atoms with Crippen LogP contribution in [0.25, 0.3) is 0 Å². The monoisotopic (exact) mass is 727 g/mol. The van der Waals surface area contributed by atoms with E-state index in [4.69, 9.17) is 18.9 Å². The van der Waals surface area contributed by atoms with Gasteiger partial charge >= 0.3 is 0 Å². The van der Waals surface area contributed by atoms with Gasteiger partial charge in [-0.05, 0) is 144 Å². The van der Waals surface area contributed by atoms with Crippen LogP contribution in [0.4, 0.5) is 0 Å². The van der Waals surface area contributed by atoms with Crippen LogP contribution in [0.3, 0.4) is 0 Å². The molecular weight excluding hydrogens is 652 g/mol. The number of ether oxygens (including phenoxy) is 4. The van der Waals surface area contributed by atoms with E-state index in [-0.39, 0.29) is 40.8 Å². The van der Waals surface area contributed by atoms with Gasteiger partial charge in [-0.1, -0.05) is 41.0 Å². The molecule has 4 saturated heterocycles. The van der Waals surface area contributed by atoms with Crippen molar-refractivity contribution in [1.29, 1.82) is 0 Å². The van der Waals surface area contributed by atoms with Gasteiger partial charge in [-0.15, -0.1) is 0 Å². The molecule has 52 heavy (non-hydrogen) atoms. The van der Waals surface area contributed by atoms with Crippen LogP contribution in [0.15, 0.2) is 0 Å².